The summed E-state index contributed by atoms with van der Waals surface area (Å²) in [6.45, 7) is 4.12. The van der Waals surface area contributed by atoms with Crippen LogP contribution in [0.3, 0.4) is 0 Å². The first kappa shape index (κ1) is 16.6. The Kier molecular flexibility index (Phi) is 4.08. The number of hydrogen-bond acceptors (Lipinski definition) is 3. The lowest BCUT2D eigenvalue weighted by molar-refractivity contribution is -0.137. The first-order chi connectivity index (χ1) is 12.1. The second-order valence-corrected chi connectivity index (χ2v) is 7.29. The Morgan fingerprint density at radius 3 is 2.88 bits per heavy atom. The number of para-hydroxylation sites is 1. The van der Waals surface area contributed by atoms with Crippen LogP contribution in [0.15, 0.2) is 24.3 Å². The van der Waals surface area contributed by atoms with Crippen LogP contribution in [0, 0.1) is 6.92 Å². The number of carbonyl (C=O) groups excluding carboxylic acids is 1. The molecule has 2 fully saturated rings. The number of carbonyl (C=O) groups is 1. The average molecular weight is 342 g/mol. The molecule has 25 heavy (non-hydrogen) atoms. The van der Waals surface area contributed by atoms with Crippen LogP contribution in [0.5, 0.6) is 0 Å². The van der Waals surface area contributed by atoms with Crippen molar-refractivity contribution in [2.45, 2.75) is 37.9 Å². The fourth-order valence-corrected chi connectivity index (χ4v) is 4.59. The predicted molar refractivity (Wildman–Crippen MR) is 96.9 cm³/mol. The average Bonchev–Trinajstić information content (AvgIpc) is 3.19. The van der Waals surface area contributed by atoms with Gasteiger partial charge >= 0.3 is 0 Å². The van der Waals surface area contributed by atoms with E-state index in [0.717, 1.165) is 48.0 Å². The smallest absolute Gasteiger partial charge is 0.256 e. The second-order valence-electron chi connectivity index (χ2n) is 7.29. The Bertz CT molecular complexity index is 805. The molecule has 2 saturated heterocycles. The molecular formula is C20H26N2O3. The molecule has 5 nitrogen and oxygen atoms in total. The summed E-state index contributed by atoms with van der Waals surface area (Å²) in [6, 6.07) is 8.12. The molecule has 134 valence electrons. The van der Waals surface area contributed by atoms with Crippen LogP contribution in [0.2, 0.25) is 0 Å². The number of nitrogens with zero attached hydrogens (tertiary/aromatic N) is 2. The number of methoxy groups -OCH3 is 1. The molecule has 3 heterocycles. The van der Waals surface area contributed by atoms with Crippen molar-refractivity contribution in [3.8, 4) is 0 Å². The zero-order valence-electron chi connectivity index (χ0n) is 15.2. The summed E-state index contributed by atoms with van der Waals surface area (Å²) in [4.78, 5) is 15.4. The van der Waals surface area contributed by atoms with Crippen LogP contribution in [-0.4, -0.2) is 53.9 Å². The number of aryl methyl sites for hydroxylation is 1. The minimum Gasteiger partial charge on any atom is -0.378 e. The van der Waals surface area contributed by atoms with Gasteiger partial charge in [0.05, 0.1) is 18.2 Å². The molecule has 0 saturated carbocycles. The molecule has 2 aromatic rings. The van der Waals surface area contributed by atoms with E-state index in [9.17, 15) is 4.79 Å². The summed E-state index contributed by atoms with van der Waals surface area (Å²) < 4.78 is 13.9. The molecule has 2 aliphatic heterocycles. The molecule has 1 spiro atoms. The second kappa shape index (κ2) is 6.15. The molecule has 2 atom stereocenters. The van der Waals surface area contributed by atoms with Crippen molar-refractivity contribution in [3.63, 3.8) is 0 Å². The van der Waals surface area contributed by atoms with Gasteiger partial charge in [0.15, 0.2) is 0 Å². The number of piperidine rings is 1. The zero-order chi connectivity index (χ0) is 17.6. The summed E-state index contributed by atoms with van der Waals surface area (Å²) in [5, 5.41) is 1.03. The van der Waals surface area contributed by atoms with E-state index < -0.39 is 0 Å². The number of aromatic nitrogens is 1. The van der Waals surface area contributed by atoms with Crippen LogP contribution in [0.4, 0.5) is 0 Å². The summed E-state index contributed by atoms with van der Waals surface area (Å²) in [7, 11) is 3.77. The normalized spacial score (nSPS) is 26.7. The van der Waals surface area contributed by atoms with E-state index in [1.165, 1.54) is 0 Å². The minimum atomic E-state index is -0.332. The van der Waals surface area contributed by atoms with Gasteiger partial charge in [-0.2, -0.15) is 0 Å². The Hall–Kier alpha value is -1.85. The Morgan fingerprint density at radius 1 is 1.36 bits per heavy atom. The van der Waals surface area contributed by atoms with Crippen molar-refractivity contribution in [1.29, 1.82) is 0 Å². The first-order valence-electron chi connectivity index (χ1n) is 9.07. The number of ether oxygens (including phenoxy) is 2. The van der Waals surface area contributed by atoms with Crippen LogP contribution in [0.25, 0.3) is 10.9 Å². The summed E-state index contributed by atoms with van der Waals surface area (Å²) in [5.41, 5.74) is 2.60. The maximum atomic E-state index is 13.4. The predicted octanol–water partition coefficient (Wildman–Crippen LogP) is 2.90. The third-order valence-corrected chi connectivity index (χ3v) is 6.03. The molecule has 1 aromatic carbocycles. The van der Waals surface area contributed by atoms with Crippen LogP contribution in [-0.2, 0) is 16.5 Å². The molecule has 1 amide bonds. The SMILES string of the molecule is CO[C@H]1CCN(C(=O)c2c(C)n(C)c3ccccc23)C[C@@]12CCCO2. The molecule has 0 bridgehead atoms. The lowest BCUT2D eigenvalue weighted by Gasteiger charge is -2.44. The van der Waals surface area contributed by atoms with Gasteiger partial charge in [-0.05, 0) is 32.3 Å². The summed E-state index contributed by atoms with van der Waals surface area (Å²) in [6.07, 6.45) is 2.90. The molecule has 0 aliphatic carbocycles. The third kappa shape index (κ3) is 2.49. The maximum absolute atomic E-state index is 13.4. The lowest BCUT2D eigenvalue weighted by atomic mass is 9.86. The van der Waals surface area contributed by atoms with Gasteiger partial charge in [-0.15, -0.1) is 0 Å². The number of likely N-dealkylation sites (tertiary alicyclic amines) is 1. The van der Waals surface area contributed by atoms with E-state index in [1.54, 1.807) is 7.11 Å². The van der Waals surface area contributed by atoms with E-state index in [1.807, 2.05) is 37.1 Å². The topological polar surface area (TPSA) is 43.7 Å². The van der Waals surface area contributed by atoms with E-state index in [0.29, 0.717) is 13.1 Å². The number of hydrogen-bond donors (Lipinski definition) is 0. The molecule has 5 heteroatoms. The monoisotopic (exact) mass is 342 g/mol. The highest BCUT2D eigenvalue weighted by molar-refractivity contribution is 6.08. The molecular weight excluding hydrogens is 316 g/mol. The van der Waals surface area contributed by atoms with Crippen molar-refractivity contribution in [2.24, 2.45) is 7.05 Å². The fraction of sp³-hybridized carbons (Fsp3) is 0.550. The van der Waals surface area contributed by atoms with Gasteiger partial charge in [0.1, 0.15) is 5.60 Å². The van der Waals surface area contributed by atoms with Gasteiger partial charge in [-0.3, -0.25) is 4.79 Å². The van der Waals surface area contributed by atoms with Crippen molar-refractivity contribution < 1.29 is 14.3 Å². The highest BCUT2D eigenvalue weighted by atomic mass is 16.6. The van der Waals surface area contributed by atoms with Gasteiger partial charge in [-0.25, -0.2) is 0 Å². The quantitative estimate of drug-likeness (QED) is 0.843. The summed E-state index contributed by atoms with van der Waals surface area (Å²) in [5.74, 6) is 0.110. The van der Waals surface area contributed by atoms with E-state index in [4.69, 9.17) is 9.47 Å². The highest BCUT2D eigenvalue weighted by Crippen LogP contribution is 2.37. The van der Waals surface area contributed by atoms with Crippen LogP contribution >= 0.6 is 0 Å². The standard InChI is InChI=1S/C20H26N2O3/c1-14-18(15-7-4-5-8-16(15)21(14)2)19(23)22-11-9-17(24-3)20(13-22)10-6-12-25-20/h4-5,7-8,17H,6,9-13H2,1-3H3/t17-,20-/m0/s1. The first-order valence-corrected chi connectivity index (χ1v) is 9.07. The molecule has 4 rings (SSSR count). The zero-order valence-corrected chi connectivity index (χ0v) is 15.2. The Balaban J connectivity index is 1.69. The minimum absolute atomic E-state index is 0.0765. The van der Waals surface area contributed by atoms with Gasteiger partial charge < -0.3 is 18.9 Å². The van der Waals surface area contributed by atoms with Gasteiger partial charge in [-0.1, -0.05) is 18.2 Å². The van der Waals surface area contributed by atoms with Crippen LogP contribution < -0.4 is 0 Å². The lowest BCUT2D eigenvalue weighted by Crippen LogP contribution is -2.58. The van der Waals surface area contributed by atoms with Crippen molar-refractivity contribution in [3.05, 3.63) is 35.5 Å². The third-order valence-electron chi connectivity index (χ3n) is 6.03. The number of rotatable bonds is 2. The number of fused-ring (bicyclic) bond motifs is 1. The Labute approximate surface area is 148 Å². The van der Waals surface area contributed by atoms with Gasteiger partial charge in [0.25, 0.3) is 5.91 Å². The van der Waals surface area contributed by atoms with Crippen molar-refractivity contribution >= 4 is 16.8 Å². The Morgan fingerprint density at radius 2 is 2.16 bits per heavy atom. The molecule has 0 N–H and O–H groups in total. The highest BCUT2D eigenvalue weighted by Gasteiger charge is 2.48. The van der Waals surface area contributed by atoms with Gasteiger partial charge in [0.2, 0.25) is 0 Å². The van der Waals surface area contributed by atoms with Gasteiger partial charge in [0, 0.05) is 43.9 Å². The van der Waals surface area contributed by atoms with E-state index in [-0.39, 0.29) is 17.6 Å². The van der Waals surface area contributed by atoms with Crippen LogP contribution in [0.1, 0.15) is 35.3 Å². The van der Waals surface area contributed by atoms with E-state index in [2.05, 4.69) is 10.6 Å². The molecule has 0 unspecified atom stereocenters. The largest absolute Gasteiger partial charge is 0.378 e. The number of benzene rings is 1. The van der Waals surface area contributed by atoms with Crippen molar-refractivity contribution in [2.75, 3.05) is 26.8 Å². The molecule has 1 aromatic heterocycles. The molecule has 2 aliphatic rings. The van der Waals surface area contributed by atoms with E-state index >= 15 is 0 Å². The summed E-state index contributed by atoms with van der Waals surface area (Å²) >= 11 is 0. The molecule has 0 radical (unpaired) electrons. The maximum Gasteiger partial charge on any atom is 0.256 e. The van der Waals surface area contributed by atoms with Crippen molar-refractivity contribution in [1.82, 2.24) is 9.47 Å². The number of amides is 1. The fourth-order valence-electron chi connectivity index (χ4n) is 4.59.